The predicted molar refractivity (Wildman–Crippen MR) is 76.8 cm³/mol. The summed E-state index contributed by atoms with van der Waals surface area (Å²) in [5.74, 6) is 0.0415. The van der Waals surface area contributed by atoms with E-state index in [2.05, 4.69) is 23.7 Å². The molecule has 1 rings (SSSR count). The third kappa shape index (κ3) is 3.80. The summed E-state index contributed by atoms with van der Waals surface area (Å²) in [4.78, 5) is 14.9. The second-order valence-electron chi connectivity index (χ2n) is 4.64. The van der Waals surface area contributed by atoms with E-state index < -0.39 is 0 Å². The number of likely N-dealkylation sites (N-methyl/N-ethyl adjacent to an activating group) is 2. The van der Waals surface area contributed by atoms with Crippen molar-refractivity contribution in [3.8, 4) is 0 Å². The van der Waals surface area contributed by atoms with Gasteiger partial charge in [0.05, 0.1) is 12.6 Å². The second kappa shape index (κ2) is 6.87. The average molecular weight is 269 g/mol. The van der Waals surface area contributed by atoms with Gasteiger partial charge in [0.25, 0.3) is 0 Å². The van der Waals surface area contributed by atoms with Crippen molar-refractivity contribution in [3.05, 3.63) is 21.9 Å². The van der Waals surface area contributed by atoms with Crippen LogP contribution in [0, 0.1) is 6.92 Å². The fourth-order valence-electron chi connectivity index (χ4n) is 2.11. The first kappa shape index (κ1) is 15.1. The van der Waals surface area contributed by atoms with Crippen molar-refractivity contribution in [3.63, 3.8) is 0 Å². The summed E-state index contributed by atoms with van der Waals surface area (Å²) in [5.41, 5.74) is 7.32. The van der Waals surface area contributed by atoms with Gasteiger partial charge in [0, 0.05) is 17.5 Å². The first-order valence-corrected chi connectivity index (χ1v) is 7.11. The molecule has 0 bridgehead atoms. The smallest absolute Gasteiger partial charge is 0.234 e. The molecular weight excluding hydrogens is 246 g/mol. The lowest BCUT2D eigenvalue weighted by Gasteiger charge is -2.30. The first-order valence-electron chi connectivity index (χ1n) is 6.23. The summed E-state index contributed by atoms with van der Waals surface area (Å²) >= 11 is 1.70. The molecule has 0 saturated carbocycles. The first-order chi connectivity index (χ1) is 8.47. The van der Waals surface area contributed by atoms with Crippen LogP contribution in [0.4, 0.5) is 0 Å². The van der Waals surface area contributed by atoms with Gasteiger partial charge in [-0.2, -0.15) is 0 Å². The van der Waals surface area contributed by atoms with E-state index in [1.165, 1.54) is 10.4 Å². The maximum atomic E-state index is 11.6. The van der Waals surface area contributed by atoms with Crippen LogP contribution in [0.1, 0.15) is 30.3 Å². The van der Waals surface area contributed by atoms with Crippen molar-refractivity contribution in [2.45, 2.75) is 32.9 Å². The van der Waals surface area contributed by atoms with Gasteiger partial charge >= 0.3 is 0 Å². The zero-order valence-corrected chi connectivity index (χ0v) is 12.4. The van der Waals surface area contributed by atoms with Gasteiger partial charge in [0.2, 0.25) is 5.91 Å². The Labute approximate surface area is 113 Å². The van der Waals surface area contributed by atoms with Crippen LogP contribution in [0.3, 0.4) is 0 Å². The molecule has 5 heteroatoms. The Balaban J connectivity index is 2.80. The fraction of sp³-hybridized carbons (Fsp3) is 0.615. The molecule has 0 saturated heterocycles. The Kier molecular flexibility index (Phi) is 5.78. The van der Waals surface area contributed by atoms with E-state index in [-0.39, 0.29) is 18.0 Å². The van der Waals surface area contributed by atoms with E-state index in [0.29, 0.717) is 13.1 Å². The van der Waals surface area contributed by atoms with Crippen LogP contribution in [0.2, 0.25) is 0 Å². The molecule has 1 amide bonds. The Bertz CT molecular complexity index is 389. The molecule has 0 aliphatic carbocycles. The summed E-state index contributed by atoms with van der Waals surface area (Å²) in [7, 11) is 1.95. The van der Waals surface area contributed by atoms with Crippen LogP contribution in [-0.4, -0.2) is 37.0 Å². The summed E-state index contributed by atoms with van der Waals surface area (Å²) in [6.07, 6.45) is 0. The lowest BCUT2D eigenvalue weighted by molar-refractivity contribution is -0.122. The summed E-state index contributed by atoms with van der Waals surface area (Å²) in [6.45, 7) is 7.02. The van der Waals surface area contributed by atoms with Gasteiger partial charge in [-0.15, -0.1) is 11.3 Å². The van der Waals surface area contributed by atoms with Crippen molar-refractivity contribution in [2.75, 3.05) is 20.1 Å². The monoisotopic (exact) mass is 269 g/mol. The Morgan fingerprint density at radius 3 is 2.72 bits per heavy atom. The molecule has 102 valence electrons. The van der Waals surface area contributed by atoms with E-state index in [9.17, 15) is 4.79 Å². The number of aryl methyl sites for hydroxylation is 1. The van der Waals surface area contributed by atoms with Gasteiger partial charge in [-0.3, -0.25) is 9.69 Å². The minimum absolute atomic E-state index is 0.0122. The molecule has 18 heavy (non-hydrogen) atoms. The quantitative estimate of drug-likeness (QED) is 0.823. The molecule has 2 unspecified atom stereocenters. The number of nitrogens with zero attached hydrogens (tertiary/aromatic N) is 1. The van der Waals surface area contributed by atoms with Crippen LogP contribution in [0.25, 0.3) is 0 Å². The van der Waals surface area contributed by atoms with Crippen LogP contribution in [0.5, 0.6) is 0 Å². The molecule has 0 aromatic carbocycles. The van der Waals surface area contributed by atoms with Crippen molar-refractivity contribution in [2.24, 2.45) is 5.73 Å². The normalized spacial score (nSPS) is 14.6. The molecule has 0 fully saturated rings. The highest BCUT2D eigenvalue weighted by Gasteiger charge is 2.25. The van der Waals surface area contributed by atoms with Gasteiger partial charge in [-0.05, 0) is 44.8 Å². The van der Waals surface area contributed by atoms with Crippen LogP contribution in [-0.2, 0) is 4.79 Å². The number of amides is 1. The summed E-state index contributed by atoms with van der Waals surface area (Å²) in [6, 6.07) is 2.17. The van der Waals surface area contributed by atoms with Gasteiger partial charge < -0.3 is 11.1 Å². The largest absolute Gasteiger partial charge is 0.355 e. The number of carbonyl (C=O) groups excluding carboxylic acids is 1. The van der Waals surface area contributed by atoms with Crippen molar-refractivity contribution < 1.29 is 4.79 Å². The number of thiophene rings is 1. The third-order valence-corrected chi connectivity index (χ3v) is 4.00. The molecule has 4 nitrogen and oxygen atoms in total. The molecule has 2 atom stereocenters. The molecule has 0 radical (unpaired) electrons. The molecule has 1 aromatic heterocycles. The number of nitrogens with two attached hydrogens (primary N) is 1. The number of nitrogens with one attached hydrogen (secondary N) is 1. The van der Waals surface area contributed by atoms with E-state index >= 15 is 0 Å². The zero-order chi connectivity index (χ0) is 13.7. The predicted octanol–water partition coefficient (Wildman–Crippen LogP) is 1.51. The van der Waals surface area contributed by atoms with E-state index in [1.54, 1.807) is 11.3 Å². The third-order valence-electron chi connectivity index (χ3n) is 2.91. The molecule has 3 N–H and O–H groups in total. The average Bonchev–Trinajstić information content (AvgIpc) is 2.64. The number of hydrogen-bond acceptors (Lipinski definition) is 4. The van der Waals surface area contributed by atoms with Crippen LogP contribution >= 0.6 is 11.3 Å². The molecule has 1 heterocycles. The fourth-order valence-corrected chi connectivity index (χ4v) is 3.31. The number of hydrogen-bond donors (Lipinski definition) is 2. The topological polar surface area (TPSA) is 58.4 Å². The molecule has 0 aliphatic rings. The highest BCUT2D eigenvalue weighted by Crippen LogP contribution is 2.29. The highest BCUT2D eigenvalue weighted by atomic mass is 32.1. The molecule has 0 spiro atoms. The van der Waals surface area contributed by atoms with Gasteiger partial charge in [-0.1, -0.05) is 0 Å². The van der Waals surface area contributed by atoms with E-state index in [4.69, 9.17) is 5.73 Å². The maximum absolute atomic E-state index is 11.6. The molecule has 0 aliphatic heterocycles. The maximum Gasteiger partial charge on any atom is 0.234 e. The van der Waals surface area contributed by atoms with Gasteiger partial charge in [0.1, 0.15) is 0 Å². The zero-order valence-electron chi connectivity index (χ0n) is 11.6. The standard InChI is InChI=1S/C13H23N3OS/c1-5-15-11(17)8-16(4)12(10(3)14)13-9(2)6-7-18-13/h6-7,10,12H,5,8,14H2,1-4H3,(H,15,17). The Morgan fingerprint density at radius 1 is 1.61 bits per heavy atom. The van der Waals surface area contributed by atoms with E-state index in [0.717, 1.165) is 0 Å². The summed E-state index contributed by atoms with van der Waals surface area (Å²) in [5, 5.41) is 4.88. The SMILES string of the molecule is CCNC(=O)CN(C)C(c1sccc1C)C(C)N. The van der Waals surface area contributed by atoms with Crippen molar-refractivity contribution in [1.82, 2.24) is 10.2 Å². The number of rotatable bonds is 6. The molecular formula is C13H23N3OS. The van der Waals surface area contributed by atoms with Crippen molar-refractivity contribution in [1.29, 1.82) is 0 Å². The highest BCUT2D eigenvalue weighted by molar-refractivity contribution is 7.10. The Hall–Kier alpha value is -0.910. The number of carbonyl (C=O) groups is 1. The van der Waals surface area contributed by atoms with Crippen molar-refractivity contribution >= 4 is 17.2 Å². The van der Waals surface area contributed by atoms with Crippen LogP contribution < -0.4 is 11.1 Å². The Morgan fingerprint density at radius 2 is 2.28 bits per heavy atom. The van der Waals surface area contributed by atoms with E-state index in [1.807, 2.05) is 25.8 Å². The second-order valence-corrected chi connectivity index (χ2v) is 5.59. The minimum atomic E-state index is -0.0122. The lowest BCUT2D eigenvalue weighted by Crippen LogP contribution is -2.42. The minimum Gasteiger partial charge on any atom is -0.355 e. The lowest BCUT2D eigenvalue weighted by atomic mass is 10.0. The summed E-state index contributed by atoms with van der Waals surface area (Å²) < 4.78 is 0. The molecule has 1 aromatic rings. The van der Waals surface area contributed by atoms with Gasteiger partial charge in [-0.25, -0.2) is 0 Å². The van der Waals surface area contributed by atoms with Gasteiger partial charge in [0.15, 0.2) is 0 Å². The van der Waals surface area contributed by atoms with Crippen LogP contribution in [0.15, 0.2) is 11.4 Å².